The lowest BCUT2D eigenvalue weighted by Crippen LogP contribution is -2.42. The van der Waals surface area contributed by atoms with Gasteiger partial charge in [-0.15, -0.1) is 23.7 Å². The summed E-state index contributed by atoms with van der Waals surface area (Å²) in [5, 5.41) is 3.42. The molecule has 19 heavy (non-hydrogen) atoms. The summed E-state index contributed by atoms with van der Waals surface area (Å²) in [6.45, 7) is 1.96. The molecule has 1 amide bonds. The Morgan fingerprint density at radius 1 is 1.32 bits per heavy atom. The topological polar surface area (TPSA) is 32.3 Å². The highest BCUT2D eigenvalue weighted by molar-refractivity contribution is 9.12. The molecule has 106 valence electrons. The average molecular weight is 431 g/mol. The number of nitrogens with zero attached hydrogens (tertiary/aromatic N) is 1. The predicted octanol–water partition coefficient (Wildman–Crippen LogP) is 3.66. The molecule has 2 bridgehead atoms. The van der Waals surface area contributed by atoms with Crippen LogP contribution in [0, 0.1) is 0 Å². The van der Waals surface area contributed by atoms with E-state index in [0.29, 0.717) is 12.1 Å². The number of halogens is 3. The molecule has 2 aliphatic rings. The van der Waals surface area contributed by atoms with Crippen LogP contribution >= 0.6 is 55.6 Å². The van der Waals surface area contributed by atoms with Crippen molar-refractivity contribution in [3.05, 3.63) is 19.2 Å². The van der Waals surface area contributed by atoms with E-state index in [1.807, 2.05) is 6.07 Å². The third-order valence-corrected chi connectivity index (χ3v) is 6.12. The fourth-order valence-corrected chi connectivity index (χ4v) is 5.72. The van der Waals surface area contributed by atoms with E-state index >= 15 is 0 Å². The highest BCUT2D eigenvalue weighted by Gasteiger charge is 2.39. The largest absolute Gasteiger partial charge is 0.331 e. The number of fused-ring (bicyclic) bond motifs is 2. The number of amides is 1. The molecule has 2 saturated heterocycles. The molecule has 3 nitrogen and oxygen atoms in total. The second-order valence-corrected chi connectivity index (χ2v) is 8.58. The zero-order chi connectivity index (χ0) is 12.7. The quantitative estimate of drug-likeness (QED) is 0.738. The molecule has 1 N–H and O–H groups in total. The van der Waals surface area contributed by atoms with Crippen LogP contribution in [0.5, 0.6) is 0 Å². The van der Waals surface area contributed by atoms with Crippen LogP contribution in [0.4, 0.5) is 0 Å². The maximum atomic E-state index is 12.7. The summed E-state index contributed by atoms with van der Waals surface area (Å²) in [7, 11) is 0. The van der Waals surface area contributed by atoms with E-state index in [0.717, 1.165) is 45.5 Å². The number of hydrogen-bond acceptors (Lipinski definition) is 3. The van der Waals surface area contributed by atoms with E-state index in [-0.39, 0.29) is 18.3 Å². The summed E-state index contributed by atoms with van der Waals surface area (Å²) in [5.74, 6) is 0.181. The third-order valence-electron chi connectivity index (χ3n) is 3.78. The number of thiophene rings is 1. The molecule has 1 aromatic heterocycles. The van der Waals surface area contributed by atoms with Gasteiger partial charge in [-0.3, -0.25) is 4.79 Å². The Bertz CT molecular complexity index is 468. The van der Waals surface area contributed by atoms with Crippen molar-refractivity contribution in [2.45, 2.75) is 31.3 Å². The first-order valence-corrected chi connectivity index (χ1v) is 8.55. The Balaban J connectivity index is 0.00000133. The van der Waals surface area contributed by atoms with E-state index in [2.05, 4.69) is 42.1 Å². The molecule has 0 radical (unpaired) electrons. The second-order valence-electron chi connectivity index (χ2n) is 4.83. The van der Waals surface area contributed by atoms with Crippen molar-refractivity contribution in [1.82, 2.24) is 10.2 Å². The molecule has 0 aromatic carbocycles. The minimum atomic E-state index is 0. The lowest BCUT2D eigenvalue weighted by Gasteiger charge is -2.27. The molecule has 3 rings (SSSR count). The Morgan fingerprint density at radius 3 is 2.74 bits per heavy atom. The van der Waals surface area contributed by atoms with Crippen molar-refractivity contribution in [2.24, 2.45) is 0 Å². The number of hydrogen-bond donors (Lipinski definition) is 1. The Morgan fingerprint density at radius 2 is 2.05 bits per heavy atom. The number of carbonyl (C=O) groups is 1. The second kappa shape index (κ2) is 6.43. The molecule has 2 aliphatic heterocycles. The van der Waals surface area contributed by atoms with Crippen molar-refractivity contribution in [3.63, 3.8) is 0 Å². The molecular weight excluding hydrogens is 415 g/mol. The van der Waals surface area contributed by atoms with Gasteiger partial charge in [0.05, 0.1) is 13.1 Å². The Hall–Kier alpha value is 0.380. The van der Waals surface area contributed by atoms with Gasteiger partial charge < -0.3 is 10.2 Å². The summed E-state index contributed by atoms with van der Waals surface area (Å²) < 4.78 is 1.93. The van der Waals surface area contributed by atoms with Crippen LogP contribution in [0.3, 0.4) is 0 Å². The molecule has 0 aliphatic carbocycles. The van der Waals surface area contributed by atoms with Gasteiger partial charge in [-0.1, -0.05) is 0 Å². The summed E-state index contributed by atoms with van der Waals surface area (Å²) in [4.78, 5) is 14.8. The molecule has 0 saturated carbocycles. The van der Waals surface area contributed by atoms with Crippen molar-refractivity contribution in [3.8, 4) is 0 Å². The smallest absolute Gasteiger partial charge is 0.256 e. The zero-order valence-electron chi connectivity index (χ0n) is 10.2. The lowest BCUT2D eigenvalue weighted by atomic mass is 10.1. The van der Waals surface area contributed by atoms with Gasteiger partial charge in [0, 0.05) is 18.6 Å². The highest BCUT2D eigenvalue weighted by Crippen LogP contribution is 2.36. The van der Waals surface area contributed by atoms with Crippen LogP contribution in [0.1, 0.15) is 29.6 Å². The number of nitrogens with one attached hydrogen (secondary N) is 1. The van der Waals surface area contributed by atoms with Crippen LogP contribution in [-0.2, 0) is 0 Å². The standard InChI is InChI=1S/C12H14Br2N2OS.ClH/c13-10-5-9(11(14)18-10)12(17)16-7-1-2-8(16)6-15-4-3-7;/h5,7-8,15H,1-4,6H2;1H. The van der Waals surface area contributed by atoms with E-state index < -0.39 is 0 Å². The van der Waals surface area contributed by atoms with Gasteiger partial charge in [0.25, 0.3) is 5.91 Å². The SMILES string of the molecule is Cl.O=C(c1cc(Br)sc1Br)N1C2CCNCC1CC2. The molecule has 3 heterocycles. The summed E-state index contributed by atoms with van der Waals surface area (Å²) in [5.41, 5.74) is 0.797. The fraction of sp³-hybridized carbons (Fsp3) is 0.583. The van der Waals surface area contributed by atoms with Crippen LogP contribution < -0.4 is 5.32 Å². The molecule has 2 unspecified atom stereocenters. The van der Waals surface area contributed by atoms with Gasteiger partial charge in [-0.2, -0.15) is 0 Å². The lowest BCUT2D eigenvalue weighted by molar-refractivity contribution is 0.0680. The van der Waals surface area contributed by atoms with Crippen LogP contribution in [0.25, 0.3) is 0 Å². The van der Waals surface area contributed by atoms with Crippen molar-refractivity contribution >= 4 is 61.5 Å². The van der Waals surface area contributed by atoms with Crippen LogP contribution in [-0.4, -0.2) is 36.0 Å². The van der Waals surface area contributed by atoms with Crippen LogP contribution in [0.2, 0.25) is 0 Å². The highest BCUT2D eigenvalue weighted by atomic mass is 79.9. The number of rotatable bonds is 1. The fourth-order valence-electron chi connectivity index (χ4n) is 2.94. The zero-order valence-corrected chi connectivity index (χ0v) is 15.0. The van der Waals surface area contributed by atoms with Gasteiger partial charge >= 0.3 is 0 Å². The van der Waals surface area contributed by atoms with Gasteiger partial charge in [0.2, 0.25) is 0 Å². The predicted molar refractivity (Wildman–Crippen MR) is 87.4 cm³/mol. The minimum absolute atomic E-state index is 0. The van der Waals surface area contributed by atoms with Gasteiger partial charge in [0.15, 0.2) is 0 Å². The minimum Gasteiger partial charge on any atom is -0.331 e. The summed E-state index contributed by atoms with van der Waals surface area (Å²) in [6.07, 6.45) is 3.36. The third kappa shape index (κ3) is 3.02. The van der Waals surface area contributed by atoms with E-state index in [4.69, 9.17) is 0 Å². The van der Waals surface area contributed by atoms with Gasteiger partial charge in [-0.25, -0.2) is 0 Å². The molecule has 0 spiro atoms. The molecule has 7 heteroatoms. The monoisotopic (exact) mass is 428 g/mol. The molecule has 2 fully saturated rings. The number of carbonyl (C=O) groups excluding carboxylic acids is 1. The average Bonchev–Trinajstić information content (AvgIpc) is 2.76. The first-order chi connectivity index (χ1) is 8.66. The van der Waals surface area contributed by atoms with E-state index in [1.165, 1.54) is 0 Å². The van der Waals surface area contributed by atoms with Crippen molar-refractivity contribution < 1.29 is 4.79 Å². The van der Waals surface area contributed by atoms with Crippen molar-refractivity contribution in [1.29, 1.82) is 0 Å². The maximum absolute atomic E-state index is 12.7. The van der Waals surface area contributed by atoms with E-state index in [1.54, 1.807) is 11.3 Å². The Labute approximate surface area is 139 Å². The first kappa shape index (κ1) is 15.8. The van der Waals surface area contributed by atoms with Crippen LogP contribution in [0.15, 0.2) is 13.6 Å². The van der Waals surface area contributed by atoms with Gasteiger partial charge in [-0.05, 0) is 63.7 Å². The molecule has 1 aromatic rings. The normalized spacial score (nSPS) is 25.9. The van der Waals surface area contributed by atoms with Crippen molar-refractivity contribution in [2.75, 3.05) is 13.1 Å². The summed E-state index contributed by atoms with van der Waals surface area (Å²) in [6, 6.07) is 2.72. The van der Waals surface area contributed by atoms with E-state index in [9.17, 15) is 4.79 Å². The first-order valence-electron chi connectivity index (χ1n) is 6.15. The Kier molecular flexibility index (Phi) is 5.34. The van der Waals surface area contributed by atoms with Gasteiger partial charge in [0.1, 0.15) is 0 Å². The summed E-state index contributed by atoms with van der Waals surface area (Å²) >= 11 is 8.49. The molecule has 2 atom stereocenters. The molecular formula is C12H15Br2ClN2OS. The maximum Gasteiger partial charge on any atom is 0.256 e.